The summed E-state index contributed by atoms with van der Waals surface area (Å²) in [5.74, 6) is 0.908. The fourth-order valence-electron chi connectivity index (χ4n) is 3.03. The molecule has 128 valence electrons. The average Bonchev–Trinajstić information content (AvgIpc) is 3.14. The lowest BCUT2D eigenvalue weighted by Gasteiger charge is -2.34. The molecule has 1 fully saturated rings. The van der Waals surface area contributed by atoms with Gasteiger partial charge in [-0.1, -0.05) is 25.1 Å². The number of hydrogen-bond donors (Lipinski definition) is 0. The van der Waals surface area contributed by atoms with Gasteiger partial charge in [0.05, 0.1) is 19.4 Å². The number of piperazine rings is 1. The molecule has 0 radical (unpaired) electrons. The number of furan rings is 1. The Balaban J connectivity index is 1.67. The molecule has 2 aromatic rings. The van der Waals surface area contributed by atoms with Crippen molar-refractivity contribution in [1.29, 1.82) is 0 Å². The first-order valence-corrected chi connectivity index (χ1v) is 8.58. The fraction of sp³-hybridized carbons (Fsp3) is 0.421. The van der Waals surface area contributed by atoms with Gasteiger partial charge in [0.15, 0.2) is 0 Å². The summed E-state index contributed by atoms with van der Waals surface area (Å²) in [7, 11) is 0. The topological polar surface area (TPSA) is 39.9 Å². The summed E-state index contributed by atoms with van der Waals surface area (Å²) in [5, 5.41) is 0. The largest absolute Gasteiger partial charge is 0.467 e. The highest BCUT2D eigenvalue weighted by Gasteiger charge is 2.22. The number of carbonyl (C=O) groups excluding carboxylic acids is 1. The van der Waals surface area contributed by atoms with E-state index in [9.17, 15) is 4.79 Å². The van der Waals surface area contributed by atoms with Crippen molar-refractivity contribution >= 4 is 11.6 Å². The van der Waals surface area contributed by atoms with Crippen LogP contribution in [0.2, 0.25) is 0 Å². The van der Waals surface area contributed by atoms with Crippen molar-refractivity contribution in [2.24, 2.45) is 0 Å². The maximum Gasteiger partial charge on any atom is 0.241 e. The van der Waals surface area contributed by atoms with Crippen LogP contribution in [0, 0.1) is 0 Å². The number of carbonyl (C=O) groups is 1. The number of hydrogen-bond acceptors (Lipinski definition) is 4. The smallest absolute Gasteiger partial charge is 0.241 e. The quantitative estimate of drug-likeness (QED) is 0.817. The number of anilines is 1. The third-order valence-electron chi connectivity index (χ3n) is 4.53. The Morgan fingerprint density at radius 3 is 2.38 bits per heavy atom. The van der Waals surface area contributed by atoms with Crippen molar-refractivity contribution < 1.29 is 9.21 Å². The zero-order valence-electron chi connectivity index (χ0n) is 14.2. The van der Waals surface area contributed by atoms with E-state index in [-0.39, 0.29) is 5.91 Å². The van der Waals surface area contributed by atoms with E-state index in [0.29, 0.717) is 13.1 Å². The van der Waals surface area contributed by atoms with Crippen LogP contribution >= 0.6 is 0 Å². The van der Waals surface area contributed by atoms with Gasteiger partial charge in [0.1, 0.15) is 5.76 Å². The van der Waals surface area contributed by atoms with Crippen LogP contribution in [0.1, 0.15) is 12.7 Å². The summed E-state index contributed by atoms with van der Waals surface area (Å²) in [5.41, 5.74) is 0.908. The SMILES string of the molecule is CCN1CCN(CC(=O)N(Cc2ccco2)c2ccccc2)CC1. The van der Waals surface area contributed by atoms with Gasteiger partial charge in [-0.05, 0) is 30.8 Å². The Labute approximate surface area is 143 Å². The average molecular weight is 327 g/mol. The van der Waals surface area contributed by atoms with Crippen LogP contribution in [-0.4, -0.2) is 55.0 Å². The third kappa shape index (κ3) is 4.24. The molecule has 0 N–H and O–H groups in total. The second-order valence-corrected chi connectivity index (χ2v) is 6.11. The van der Waals surface area contributed by atoms with Gasteiger partial charge < -0.3 is 14.2 Å². The Morgan fingerprint density at radius 1 is 1.04 bits per heavy atom. The molecule has 3 rings (SSSR count). The van der Waals surface area contributed by atoms with E-state index in [2.05, 4.69) is 16.7 Å². The van der Waals surface area contributed by atoms with E-state index in [1.54, 1.807) is 6.26 Å². The Morgan fingerprint density at radius 2 is 1.75 bits per heavy atom. The lowest BCUT2D eigenvalue weighted by molar-refractivity contribution is -0.120. The molecule has 1 amide bonds. The molecule has 0 bridgehead atoms. The van der Waals surface area contributed by atoms with Gasteiger partial charge in [0.2, 0.25) is 5.91 Å². The highest BCUT2D eigenvalue weighted by molar-refractivity contribution is 5.94. The van der Waals surface area contributed by atoms with Crippen LogP contribution < -0.4 is 4.90 Å². The molecule has 24 heavy (non-hydrogen) atoms. The number of nitrogens with zero attached hydrogens (tertiary/aromatic N) is 3. The summed E-state index contributed by atoms with van der Waals surface area (Å²) >= 11 is 0. The van der Waals surface area contributed by atoms with Gasteiger partial charge in [-0.15, -0.1) is 0 Å². The maximum absolute atomic E-state index is 12.9. The van der Waals surface area contributed by atoms with Crippen LogP contribution in [0.5, 0.6) is 0 Å². The molecule has 1 saturated heterocycles. The molecule has 5 nitrogen and oxygen atoms in total. The molecule has 5 heteroatoms. The molecule has 0 unspecified atom stereocenters. The molecular formula is C19H25N3O2. The first kappa shape index (κ1) is 16.7. The van der Waals surface area contributed by atoms with Crippen molar-refractivity contribution in [2.45, 2.75) is 13.5 Å². The van der Waals surface area contributed by atoms with Gasteiger partial charge in [0.25, 0.3) is 0 Å². The number of amides is 1. The third-order valence-corrected chi connectivity index (χ3v) is 4.53. The highest BCUT2D eigenvalue weighted by Crippen LogP contribution is 2.18. The molecule has 1 aromatic carbocycles. The van der Waals surface area contributed by atoms with Gasteiger partial charge in [0, 0.05) is 31.9 Å². The van der Waals surface area contributed by atoms with Gasteiger partial charge in [-0.3, -0.25) is 9.69 Å². The minimum atomic E-state index is 0.113. The summed E-state index contributed by atoms with van der Waals surface area (Å²) < 4.78 is 5.44. The van der Waals surface area contributed by atoms with Crippen molar-refractivity contribution in [1.82, 2.24) is 9.80 Å². The van der Waals surface area contributed by atoms with Crippen LogP contribution in [0.25, 0.3) is 0 Å². The molecule has 1 aliphatic heterocycles. The fourth-order valence-corrected chi connectivity index (χ4v) is 3.03. The number of benzene rings is 1. The molecule has 0 spiro atoms. The summed E-state index contributed by atoms with van der Waals surface area (Å²) in [6.07, 6.45) is 1.65. The monoisotopic (exact) mass is 327 g/mol. The van der Waals surface area contributed by atoms with Crippen molar-refractivity contribution in [3.63, 3.8) is 0 Å². The van der Waals surface area contributed by atoms with Crippen molar-refractivity contribution in [3.8, 4) is 0 Å². The molecule has 0 atom stereocenters. The van der Waals surface area contributed by atoms with Gasteiger partial charge in [-0.25, -0.2) is 0 Å². The van der Waals surface area contributed by atoms with Crippen LogP contribution in [0.15, 0.2) is 53.1 Å². The minimum Gasteiger partial charge on any atom is -0.467 e. The van der Waals surface area contributed by atoms with Crippen LogP contribution in [0.4, 0.5) is 5.69 Å². The van der Waals surface area contributed by atoms with E-state index in [1.165, 1.54) is 0 Å². The summed E-state index contributed by atoms with van der Waals surface area (Å²) in [6, 6.07) is 13.6. The normalized spacial score (nSPS) is 16.2. The molecule has 2 heterocycles. The van der Waals surface area contributed by atoms with E-state index in [4.69, 9.17) is 4.42 Å². The van der Waals surface area contributed by atoms with Crippen LogP contribution in [0.3, 0.4) is 0 Å². The van der Waals surface area contributed by atoms with Crippen LogP contribution in [-0.2, 0) is 11.3 Å². The van der Waals surface area contributed by atoms with E-state index >= 15 is 0 Å². The van der Waals surface area contributed by atoms with Gasteiger partial charge in [-0.2, -0.15) is 0 Å². The molecule has 0 aliphatic carbocycles. The predicted molar refractivity (Wildman–Crippen MR) is 94.9 cm³/mol. The predicted octanol–water partition coefficient (Wildman–Crippen LogP) is 2.45. The molecular weight excluding hydrogens is 302 g/mol. The molecule has 1 aromatic heterocycles. The molecule has 1 aliphatic rings. The highest BCUT2D eigenvalue weighted by atomic mass is 16.3. The zero-order valence-corrected chi connectivity index (χ0v) is 14.2. The minimum absolute atomic E-state index is 0.113. The first-order chi connectivity index (χ1) is 11.8. The Bertz CT molecular complexity index is 619. The lowest BCUT2D eigenvalue weighted by Crippen LogP contribution is -2.49. The number of likely N-dealkylation sites (N-methyl/N-ethyl adjacent to an activating group) is 1. The Kier molecular flexibility index (Phi) is 5.67. The van der Waals surface area contributed by atoms with Gasteiger partial charge >= 0.3 is 0 Å². The standard InChI is InChI=1S/C19H25N3O2/c1-2-20-10-12-21(13-11-20)16-19(23)22(15-18-9-6-14-24-18)17-7-4-3-5-8-17/h3-9,14H,2,10-13,15-16H2,1H3. The maximum atomic E-state index is 12.9. The Hall–Kier alpha value is -2.11. The number of para-hydroxylation sites is 1. The molecule has 0 saturated carbocycles. The zero-order chi connectivity index (χ0) is 16.8. The number of rotatable bonds is 6. The van der Waals surface area contributed by atoms with E-state index in [1.807, 2.05) is 47.4 Å². The van der Waals surface area contributed by atoms with E-state index in [0.717, 1.165) is 44.2 Å². The van der Waals surface area contributed by atoms with Crippen molar-refractivity contribution in [3.05, 3.63) is 54.5 Å². The van der Waals surface area contributed by atoms with E-state index < -0.39 is 0 Å². The summed E-state index contributed by atoms with van der Waals surface area (Å²) in [6.45, 7) is 8.14. The lowest BCUT2D eigenvalue weighted by atomic mass is 10.2. The van der Waals surface area contributed by atoms with Crippen molar-refractivity contribution in [2.75, 3.05) is 44.2 Å². The second kappa shape index (κ2) is 8.13. The second-order valence-electron chi connectivity index (χ2n) is 6.11. The first-order valence-electron chi connectivity index (χ1n) is 8.58. The summed E-state index contributed by atoms with van der Waals surface area (Å²) in [4.78, 5) is 19.4.